The van der Waals surface area contributed by atoms with Gasteiger partial charge in [-0.05, 0) is 49.4 Å². The number of benzene rings is 1. The first-order valence-corrected chi connectivity index (χ1v) is 10.5. The zero-order valence-corrected chi connectivity index (χ0v) is 17.1. The summed E-state index contributed by atoms with van der Waals surface area (Å²) in [6, 6.07) is 7.21. The third-order valence-corrected chi connectivity index (χ3v) is 6.09. The van der Waals surface area contributed by atoms with E-state index in [2.05, 4.69) is 15.3 Å². The first-order chi connectivity index (χ1) is 13.6. The van der Waals surface area contributed by atoms with Crippen LogP contribution in [0.3, 0.4) is 0 Å². The highest BCUT2D eigenvalue weighted by atomic mass is 35.5. The second kappa shape index (κ2) is 8.82. The zero-order chi connectivity index (χ0) is 19.5. The maximum Gasteiger partial charge on any atom is 0.292 e. The summed E-state index contributed by atoms with van der Waals surface area (Å²) in [5.41, 5.74) is 0.888. The van der Waals surface area contributed by atoms with Crippen LogP contribution in [0.1, 0.15) is 19.3 Å². The molecule has 0 amide bonds. The highest BCUT2D eigenvalue weighted by Crippen LogP contribution is 2.23. The van der Waals surface area contributed by atoms with E-state index < -0.39 is 0 Å². The molecule has 0 radical (unpaired) electrons. The first-order valence-electron chi connectivity index (χ1n) is 9.70. The summed E-state index contributed by atoms with van der Waals surface area (Å²) in [6.45, 7) is 4.99. The lowest BCUT2D eigenvalue weighted by molar-refractivity contribution is 0.154. The van der Waals surface area contributed by atoms with E-state index in [1.54, 1.807) is 30.5 Å². The van der Waals surface area contributed by atoms with Gasteiger partial charge in [0, 0.05) is 37.3 Å². The second-order valence-corrected chi connectivity index (χ2v) is 8.33. The minimum atomic E-state index is -0.340. The largest absolute Gasteiger partial charge is 0.381 e. The lowest BCUT2D eigenvalue weighted by Crippen LogP contribution is -2.41. The Balaban J connectivity index is 1.38. The lowest BCUT2D eigenvalue weighted by atomic mass is 10.0. The summed E-state index contributed by atoms with van der Waals surface area (Å²) in [4.78, 5) is 15.1. The predicted octanol–water partition coefficient (Wildman–Crippen LogP) is 3.45. The molecule has 6 nitrogen and oxygen atoms in total. The Morgan fingerprint density at radius 3 is 2.57 bits per heavy atom. The number of ether oxygens (including phenoxy) is 1. The van der Waals surface area contributed by atoms with Gasteiger partial charge in [0.2, 0.25) is 0 Å². The minimum absolute atomic E-state index is 0.162. The van der Waals surface area contributed by atoms with Crippen LogP contribution >= 0.6 is 23.2 Å². The van der Waals surface area contributed by atoms with Crippen molar-refractivity contribution in [3.63, 3.8) is 0 Å². The average Bonchev–Trinajstić information content (AvgIpc) is 3.21. The molecule has 150 valence electrons. The summed E-state index contributed by atoms with van der Waals surface area (Å²) in [5, 5.41) is 8.46. The van der Waals surface area contributed by atoms with E-state index in [0.29, 0.717) is 28.4 Å². The molecule has 3 heterocycles. The molecule has 0 spiro atoms. The van der Waals surface area contributed by atoms with Gasteiger partial charge >= 0.3 is 0 Å². The molecule has 2 aliphatic heterocycles. The Bertz CT molecular complexity index is 857. The smallest absolute Gasteiger partial charge is 0.292 e. The van der Waals surface area contributed by atoms with E-state index in [-0.39, 0.29) is 10.6 Å². The van der Waals surface area contributed by atoms with E-state index >= 15 is 0 Å². The Morgan fingerprint density at radius 1 is 1.14 bits per heavy atom. The molecule has 1 N–H and O–H groups in total. The summed E-state index contributed by atoms with van der Waals surface area (Å²) in [5.74, 6) is 0.670. The first kappa shape index (κ1) is 19.7. The summed E-state index contributed by atoms with van der Waals surface area (Å²) in [7, 11) is 0. The number of hydrogen-bond acceptors (Lipinski definition) is 5. The number of likely N-dealkylation sites (tertiary alicyclic amines) is 1. The molecule has 4 rings (SSSR count). The molecule has 28 heavy (non-hydrogen) atoms. The summed E-state index contributed by atoms with van der Waals surface area (Å²) < 4.78 is 6.76. The van der Waals surface area contributed by atoms with Gasteiger partial charge in [0.25, 0.3) is 5.56 Å². The van der Waals surface area contributed by atoms with Gasteiger partial charge in [-0.1, -0.05) is 23.2 Å². The third kappa shape index (κ3) is 4.51. The van der Waals surface area contributed by atoms with Crippen LogP contribution in [-0.4, -0.2) is 53.6 Å². The van der Waals surface area contributed by atoms with Crippen LogP contribution in [0.5, 0.6) is 0 Å². The van der Waals surface area contributed by atoms with Gasteiger partial charge in [-0.3, -0.25) is 4.79 Å². The highest BCUT2D eigenvalue weighted by Gasteiger charge is 2.24. The number of nitrogens with zero attached hydrogens (tertiary/aromatic N) is 3. The lowest BCUT2D eigenvalue weighted by Gasteiger charge is -2.34. The second-order valence-electron chi connectivity index (χ2n) is 7.51. The fourth-order valence-corrected chi connectivity index (χ4v) is 4.18. The van der Waals surface area contributed by atoms with Crippen LogP contribution in [0.2, 0.25) is 10.0 Å². The molecule has 2 aliphatic rings. The number of halogens is 2. The monoisotopic (exact) mass is 422 g/mol. The van der Waals surface area contributed by atoms with E-state index in [1.807, 2.05) is 0 Å². The fraction of sp³-hybridized carbons (Fsp3) is 0.500. The Kier molecular flexibility index (Phi) is 6.21. The van der Waals surface area contributed by atoms with Gasteiger partial charge in [0.05, 0.1) is 24.2 Å². The van der Waals surface area contributed by atoms with Crippen LogP contribution in [0.4, 0.5) is 5.69 Å². The minimum Gasteiger partial charge on any atom is -0.381 e. The number of anilines is 1. The third-order valence-electron chi connectivity index (χ3n) is 5.48. The van der Waals surface area contributed by atoms with Crippen LogP contribution in [0, 0.1) is 5.92 Å². The molecule has 1 aromatic heterocycles. The van der Waals surface area contributed by atoms with Crippen molar-refractivity contribution < 1.29 is 4.74 Å². The summed E-state index contributed by atoms with van der Waals surface area (Å²) >= 11 is 12.3. The van der Waals surface area contributed by atoms with Crippen molar-refractivity contribution in [2.24, 2.45) is 5.92 Å². The van der Waals surface area contributed by atoms with Gasteiger partial charge < -0.3 is 15.0 Å². The van der Waals surface area contributed by atoms with E-state index in [0.717, 1.165) is 45.7 Å². The van der Waals surface area contributed by atoms with Crippen LogP contribution in [-0.2, 0) is 4.74 Å². The molecular formula is C20H24Cl2N4O2. The van der Waals surface area contributed by atoms with Gasteiger partial charge in [0.15, 0.2) is 0 Å². The Labute approximate surface area is 174 Å². The Hall–Kier alpha value is -1.60. The van der Waals surface area contributed by atoms with E-state index in [9.17, 15) is 4.79 Å². The molecule has 1 aromatic carbocycles. The summed E-state index contributed by atoms with van der Waals surface area (Å²) in [6.07, 6.45) is 4.83. The maximum atomic E-state index is 12.6. The number of piperidine rings is 1. The molecule has 1 unspecified atom stereocenters. The SMILES string of the molecule is O=c1c(Cl)c(NC2CCN(CC3CCOC3)CC2)cnn1-c1ccc(Cl)cc1. The normalized spacial score (nSPS) is 21.1. The molecule has 0 bridgehead atoms. The molecule has 2 fully saturated rings. The van der Waals surface area contributed by atoms with Crippen molar-refractivity contribution in [2.75, 3.05) is 38.2 Å². The van der Waals surface area contributed by atoms with Crippen molar-refractivity contribution in [1.29, 1.82) is 0 Å². The van der Waals surface area contributed by atoms with E-state index in [4.69, 9.17) is 27.9 Å². The van der Waals surface area contributed by atoms with Crippen molar-refractivity contribution in [1.82, 2.24) is 14.7 Å². The van der Waals surface area contributed by atoms with Gasteiger partial charge in [-0.15, -0.1) is 0 Å². The predicted molar refractivity (Wildman–Crippen MR) is 112 cm³/mol. The average molecular weight is 423 g/mol. The van der Waals surface area contributed by atoms with Crippen LogP contribution in [0.25, 0.3) is 5.69 Å². The topological polar surface area (TPSA) is 59.4 Å². The van der Waals surface area contributed by atoms with Gasteiger partial charge in [-0.25, -0.2) is 0 Å². The quantitative estimate of drug-likeness (QED) is 0.799. The van der Waals surface area contributed by atoms with Crippen molar-refractivity contribution in [3.05, 3.63) is 50.9 Å². The highest BCUT2D eigenvalue weighted by molar-refractivity contribution is 6.33. The van der Waals surface area contributed by atoms with Crippen molar-refractivity contribution >= 4 is 28.9 Å². The standard InChI is InChI=1S/C20H24Cl2N4O2/c21-15-1-3-17(4-2-15)26-20(27)19(22)18(11-23-26)24-16-5-8-25(9-6-16)12-14-7-10-28-13-14/h1-4,11,14,16,24H,5-10,12-13H2. The zero-order valence-electron chi connectivity index (χ0n) is 15.6. The van der Waals surface area contributed by atoms with Crippen molar-refractivity contribution in [2.45, 2.75) is 25.3 Å². The molecule has 8 heteroatoms. The van der Waals surface area contributed by atoms with Crippen molar-refractivity contribution in [3.8, 4) is 5.69 Å². The van der Waals surface area contributed by atoms with Gasteiger partial charge in [0.1, 0.15) is 5.02 Å². The Morgan fingerprint density at radius 2 is 1.89 bits per heavy atom. The molecule has 1 atom stereocenters. The van der Waals surface area contributed by atoms with Crippen LogP contribution < -0.4 is 10.9 Å². The molecule has 2 saturated heterocycles. The molecular weight excluding hydrogens is 399 g/mol. The molecule has 0 aliphatic carbocycles. The fourth-order valence-electron chi connectivity index (χ4n) is 3.87. The van der Waals surface area contributed by atoms with Crippen LogP contribution in [0.15, 0.2) is 35.3 Å². The number of aromatic nitrogens is 2. The molecule has 0 saturated carbocycles. The number of rotatable bonds is 5. The maximum absolute atomic E-state index is 12.6. The van der Waals surface area contributed by atoms with E-state index in [1.165, 1.54) is 11.1 Å². The van der Waals surface area contributed by atoms with Gasteiger partial charge in [-0.2, -0.15) is 9.78 Å². The number of nitrogens with one attached hydrogen (secondary N) is 1. The number of hydrogen-bond donors (Lipinski definition) is 1. The molecule has 2 aromatic rings.